The molecule has 1 aliphatic rings. The van der Waals surface area contributed by atoms with Gasteiger partial charge in [0.2, 0.25) is 0 Å². The Kier molecular flexibility index (Phi) is 6.11. The summed E-state index contributed by atoms with van der Waals surface area (Å²) in [6.45, 7) is 14.0. The Hall–Kier alpha value is -1.99. The predicted octanol–water partition coefficient (Wildman–Crippen LogP) is 2.55. The van der Waals surface area contributed by atoms with Crippen molar-refractivity contribution in [2.24, 2.45) is 0 Å². The number of hydrogen-bond acceptors (Lipinski definition) is 6. The lowest BCUT2D eigenvalue weighted by Crippen LogP contribution is -2.48. The zero-order chi connectivity index (χ0) is 19.4. The van der Waals surface area contributed by atoms with Crippen LogP contribution in [0.25, 0.3) is 0 Å². The molecule has 1 aromatic heterocycles. The first-order valence-electron chi connectivity index (χ1n) is 9.89. The molecule has 27 heavy (non-hydrogen) atoms. The van der Waals surface area contributed by atoms with Crippen molar-refractivity contribution in [1.82, 2.24) is 30.0 Å². The standard InChI is InChI=1S/C20H32N6O/c1-6-20(3,4)26-19(21-22-23-26)18(16-8-10-17(27-5)11-9-16)25-14-12-24(7-2)13-15-25/h8-11,18H,6-7,12-15H2,1-5H3/t18-/m0/s1. The molecule has 1 atom stereocenters. The molecule has 7 nitrogen and oxygen atoms in total. The molecule has 1 aliphatic heterocycles. The lowest BCUT2D eigenvalue weighted by Gasteiger charge is -2.39. The van der Waals surface area contributed by atoms with Gasteiger partial charge >= 0.3 is 0 Å². The van der Waals surface area contributed by atoms with Gasteiger partial charge in [0.15, 0.2) is 5.82 Å². The van der Waals surface area contributed by atoms with Gasteiger partial charge in [-0.25, -0.2) is 4.68 Å². The van der Waals surface area contributed by atoms with Crippen LogP contribution in [0.4, 0.5) is 0 Å². The lowest BCUT2D eigenvalue weighted by atomic mass is 9.99. The van der Waals surface area contributed by atoms with Crippen molar-refractivity contribution in [2.75, 3.05) is 39.8 Å². The molecule has 3 rings (SSSR count). The Bertz CT molecular complexity index is 718. The van der Waals surface area contributed by atoms with Crippen LogP contribution in [0, 0.1) is 0 Å². The van der Waals surface area contributed by atoms with Gasteiger partial charge in [-0.1, -0.05) is 26.0 Å². The Labute approximate surface area is 162 Å². The molecule has 0 radical (unpaired) electrons. The van der Waals surface area contributed by atoms with Gasteiger partial charge in [0.05, 0.1) is 18.7 Å². The van der Waals surface area contributed by atoms with Gasteiger partial charge in [-0.3, -0.25) is 4.90 Å². The van der Waals surface area contributed by atoms with Crippen LogP contribution >= 0.6 is 0 Å². The average Bonchev–Trinajstić information content (AvgIpc) is 3.19. The van der Waals surface area contributed by atoms with E-state index in [1.807, 2.05) is 16.8 Å². The van der Waals surface area contributed by atoms with E-state index in [1.165, 1.54) is 5.56 Å². The zero-order valence-corrected chi connectivity index (χ0v) is 17.2. The molecule has 148 valence electrons. The van der Waals surface area contributed by atoms with Crippen molar-refractivity contribution in [2.45, 2.75) is 45.7 Å². The second-order valence-electron chi connectivity index (χ2n) is 7.76. The van der Waals surface area contributed by atoms with Gasteiger partial charge in [0, 0.05) is 26.2 Å². The Balaban J connectivity index is 1.99. The highest BCUT2D eigenvalue weighted by atomic mass is 16.5. The fourth-order valence-electron chi connectivity index (χ4n) is 3.59. The number of methoxy groups -OCH3 is 1. The summed E-state index contributed by atoms with van der Waals surface area (Å²) in [5.74, 6) is 1.78. The Morgan fingerprint density at radius 3 is 2.30 bits per heavy atom. The summed E-state index contributed by atoms with van der Waals surface area (Å²) in [6.07, 6.45) is 0.962. The number of benzene rings is 1. The van der Waals surface area contributed by atoms with E-state index in [0.717, 1.165) is 50.7 Å². The van der Waals surface area contributed by atoms with E-state index in [2.05, 4.69) is 65.2 Å². The van der Waals surface area contributed by atoms with Crippen LogP contribution in [0.5, 0.6) is 5.75 Å². The first-order chi connectivity index (χ1) is 13.0. The molecule has 1 saturated heterocycles. The first-order valence-corrected chi connectivity index (χ1v) is 9.89. The van der Waals surface area contributed by atoms with Gasteiger partial charge in [0.1, 0.15) is 5.75 Å². The largest absolute Gasteiger partial charge is 0.497 e. The van der Waals surface area contributed by atoms with Crippen LogP contribution in [-0.4, -0.2) is 69.8 Å². The fourth-order valence-corrected chi connectivity index (χ4v) is 3.59. The third-order valence-corrected chi connectivity index (χ3v) is 5.83. The van der Waals surface area contributed by atoms with Crippen LogP contribution in [-0.2, 0) is 5.54 Å². The van der Waals surface area contributed by atoms with Gasteiger partial charge in [-0.05, 0) is 54.9 Å². The highest BCUT2D eigenvalue weighted by Gasteiger charge is 2.33. The molecule has 0 bridgehead atoms. The summed E-state index contributed by atoms with van der Waals surface area (Å²) in [7, 11) is 1.70. The number of piperazine rings is 1. The van der Waals surface area contributed by atoms with Crippen LogP contribution in [0.1, 0.15) is 51.5 Å². The highest BCUT2D eigenvalue weighted by molar-refractivity contribution is 5.32. The average molecular weight is 373 g/mol. The number of hydrogen-bond donors (Lipinski definition) is 0. The van der Waals surface area contributed by atoms with Gasteiger partial charge < -0.3 is 9.64 Å². The van der Waals surface area contributed by atoms with E-state index in [9.17, 15) is 0 Å². The van der Waals surface area contributed by atoms with Gasteiger partial charge in [-0.15, -0.1) is 5.10 Å². The van der Waals surface area contributed by atoms with E-state index in [1.54, 1.807) is 7.11 Å². The summed E-state index contributed by atoms with van der Waals surface area (Å²) in [4.78, 5) is 4.99. The van der Waals surface area contributed by atoms with Crippen LogP contribution in [0.3, 0.4) is 0 Å². The van der Waals surface area contributed by atoms with Crippen LogP contribution < -0.4 is 4.74 Å². The van der Waals surface area contributed by atoms with E-state index in [-0.39, 0.29) is 11.6 Å². The number of rotatable bonds is 7. The third-order valence-electron chi connectivity index (χ3n) is 5.83. The molecular formula is C20H32N6O. The maximum atomic E-state index is 5.34. The minimum absolute atomic E-state index is 0.0377. The van der Waals surface area contributed by atoms with Crippen molar-refractivity contribution >= 4 is 0 Å². The topological polar surface area (TPSA) is 59.3 Å². The molecule has 0 spiro atoms. The molecular weight excluding hydrogens is 340 g/mol. The second kappa shape index (κ2) is 8.35. The predicted molar refractivity (Wildman–Crippen MR) is 106 cm³/mol. The quantitative estimate of drug-likeness (QED) is 0.744. The number of tetrazole rings is 1. The maximum absolute atomic E-state index is 5.34. The molecule has 2 aromatic rings. The molecule has 1 fully saturated rings. The minimum atomic E-state index is -0.130. The highest BCUT2D eigenvalue weighted by Crippen LogP contribution is 2.32. The van der Waals surface area contributed by atoms with E-state index >= 15 is 0 Å². The SMILES string of the molecule is CCN1CCN([C@@H](c2ccc(OC)cc2)c2nnnn2C(C)(C)CC)CC1. The van der Waals surface area contributed by atoms with Gasteiger partial charge in [-0.2, -0.15) is 0 Å². The van der Waals surface area contributed by atoms with Crippen LogP contribution in [0.15, 0.2) is 24.3 Å². The number of aromatic nitrogens is 4. The molecule has 2 heterocycles. The Morgan fingerprint density at radius 2 is 1.74 bits per heavy atom. The molecule has 0 saturated carbocycles. The summed E-state index contributed by atoms with van der Waals surface area (Å²) in [6, 6.07) is 8.34. The zero-order valence-electron chi connectivity index (χ0n) is 17.2. The molecule has 1 aromatic carbocycles. The van der Waals surface area contributed by atoms with Crippen molar-refractivity contribution in [3.63, 3.8) is 0 Å². The second-order valence-corrected chi connectivity index (χ2v) is 7.76. The van der Waals surface area contributed by atoms with Crippen LogP contribution in [0.2, 0.25) is 0 Å². The number of likely N-dealkylation sites (N-methyl/N-ethyl adjacent to an activating group) is 1. The third kappa shape index (κ3) is 4.14. The Morgan fingerprint density at radius 1 is 1.07 bits per heavy atom. The summed E-state index contributed by atoms with van der Waals surface area (Å²) in [5, 5.41) is 12.9. The summed E-state index contributed by atoms with van der Waals surface area (Å²) >= 11 is 0. The van der Waals surface area contributed by atoms with Crippen molar-refractivity contribution in [1.29, 1.82) is 0 Å². The lowest BCUT2D eigenvalue weighted by molar-refractivity contribution is 0.105. The number of nitrogens with zero attached hydrogens (tertiary/aromatic N) is 6. The van der Waals surface area contributed by atoms with E-state index in [4.69, 9.17) is 4.74 Å². The molecule has 0 amide bonds. The molecule has 0 unspecified atom stereocenters. The van der Waals surface area contributed by atoms with Gasteiger partial charge in [0.25, 0.3) is 0 Å². The normalized spacial score (nSPS) is 17.8. The molecule has 7 heteroatoms. The first kappa shape index (κ1) is 19.8. The summed E-state index contributed by atoms with van der Waals surface area (Å²) < 4.78 is 7.35. The monoisotopic (exact) mass is 372 g/mol. The molecule has 0 aliphatic carbocycles. The van der Waals surface area contributed by atoms with E-state index in [0.29, 0.717) is 0 Å². The fraction of sp³-hybridized carbons (Fsp3) is 0.650. The molecule has 0 N–H and O–H groups in total. The van der Waals surface area contributed by atoms with Crippen molar-refractivity contribution in [3.8, 4) is 5.75 Å². The van der Waals surface area contributed by atoms with E-state index < -0.39 is 0 Å². The maximum Gasteiger partial charge on any atom is 0.173 e. The number of ether oxygens (including phenoxy) is 1. The van der Waals surface area contributed by atoms with Crippen molar-refractivity contribution in [3.05, 3.63) is 35.7 Å². The summed E-state index contributed by atoms with van der Waals surface area (Å²) in [5.41, 5.74) is 1.07. The minimum Gasteiger partial charge on any atom is -0.497 e. The smallest absolute Gasteiger partial charge is 0.173 e. The van der Waals surface area contributed by atoms with Crippen molar-refractivity contribution < 1.29 is 4.74 Å².